The zero-order valence-electron chi connectivity index (χ0n) is 11.7. The van der Waals surface area contributed by atoms with E-state index in [0.717, 1.165) is 50.1 Å². The molecule has 0 aliphatic heterocycles. The van der Waals surface area contributed by atoms with Crippen LogP contribution in [-0.4, -0.2) is 14.9 Å². The molecule has 2 unspecified atom stereocenters. The van der Waals surface area contributed by atoms with E-state index in [1.54, 1.807) is 0 Å². The SMILES string of the molecule is CCCn1cc(C2(O)CCCC(CC)CC2)cn1. The van der Waals surface area contributed by atoms with Crippen LogP contribution in [0.5, 0.6) is 0 Å². The third-order valence-corrected chi connectivity index (χ3v) is 4.37. The van der Waals surface area contributed by atoms with Crippen LogP contribution in [0.1, 0.15) is 64.4 Å². The van der Waals surface area contributed by atoms with E-state index in [4.69, 9.17) is 0 Å². The average molecular weight is 250 g/mol. The van der Waals surface area contributed by atoms with Crippen molar-refractivity contribution in [1.82, 2.24) is 9.78 Å². The van der Waals surface area contributed by atoms with Crippen LogP contribution in [-0.2, 0) is 12.1 Å². The highest BCUT2D eigenvalue weighted by Crippen LogP contribution is 2.38. The van der Waals surface area contributed by atoms with Crippen molar-refractivity contribution in [2.24, 2.45) is 5.92 Å². The Morgan fingerprint density at radius 2 is 2.22 bits per heavy atom. The Hall–Kier alpha value is -0.830. The summed E-state index contributed by atoms with van der Waals surface area (Å²) in [5, 5.41) is 15.2. The molecular weight excluding hydrogens is 224 g/mol. The Kier molecular flexibility index (Phi) is 4.44. The summed E-state index contributed by atoms with van der Waals surface area (Å²) in [5.41, 5.74) is 0.392. The molecule has 2 rings (SSSR count). The fraction of sp³-hybridized carbons (Fsp3) is 0.800. The van der Waals surface area contributed by atoms with Crippen molar-refractivity contribution in [3.63, 3.8) is 0 Å². The first-order valence-electron chi connectivity index (χ1n) is 7.43. The van der Waals surface area contributed by atoms with Crippen LogP contribution in [0.2, 0.25) is 0 Å². The number of hydrogen-bond acceptors (Lipinski definition) is 2. The molecule has 1 N–H and O–H groups in total. The lowest BCUT2D eigenvalue weighted by Crippen LogP contribution is -2.24. The second-order valence-electron chi connectivity index (χ2n) is 5.73. The maximum absolute atomic E-state index is 10.9. The predicted molar refractivity (Wildman–Crippen MR) is 73.3 cm³/mol. The summed E-state index contributed by atoms with van der Waals surface area (Å²) in [6, 6.07) is 0. The Morgan fingerprint density at radius 3 is 2.94 bits per heavy atom. The van der Waals surface area contributed by atoms with E-state index in [1.165, 1.54) is 12.8 Å². The van der Waals surface area contributed by atoms with E-state index in [9.17, 15) is 5.11 Å². The molecule has 0 aromatic carbocycles. The summed E-state index contributed by atoms with van der Waals surface area (Å²) >= 11 is 0. The fourth-order valence-electron chi connectivity index (χ4n) is 3.05. The van der Waals surface area contributed by atoms with Crippen molar-refractivity contribution in [1.29, 1.82) is 0 Å². The molecule has 1 saturated carbocycles. The van der Waals surface area contributed by atoms with Gasteiger partial charge in [-0.05, 0) is 38.0 Å². The summed E-state index contributed by atoms with van der Waals surface area (Å²) < 4.78 is 1.95. The Balaban J connectivity index is 2.09. The summed E-state index contributed by atoms with van der Waals surface area (Å²) in [4.78, 5) is 0. The van der Waals surface area contributed by atoms with E-state index in [0.29, 0.717) is 0 Å². The maximum Gasteiger partial charge on any atom is 0.0927 e. The number of aliphatic hydroxyl groups is 1. The van der Waals surface area contributed by atoms with Gasteiger partial charge in [0, 0.05) is 18.3 Å². The first-order valence-corrected chi connectivity index (χ1v) is 7.43. The van der Waals surface area contributed by atoms with Crippen molar-refractivity contribution in [3.8, 4) is 0 Å². The monoisotopic (exact) mass is 250 g/mol. The third-order valence-electron chi connectivity index (χ3n) is 4.37. The predicted octanol–water partition coefficient (Wildman–Crippen LogP) is 3.47. The van der Waals surface area contributed by atoms with E-state index in [-0.39, 0.29) is 0 Å². The minimum atomic E-state index is -0.629. The van der Waals surface area contributed by atoms with Gasteiger partial charge in [0.15, 0.2) is 0 Å². The summed E-state index contributed by atoms with van der Waals surface area (Å²) in [7, 11) is 0. The van der Waals surface area contributed by atoms with Gasteiger partial charge >= 0.3 is 0 Å². The molecule has 102 valence electrons. The molecule has 1 aromatic heterocycles. The van der Waals surface area contributed by atoms with Crippen molar-refractivity contribution in [2.45, 2.75) is 70.9 Å². The van der Waals surface area contributed by atoms with Gasteiger partial charge in [-0.2, -0.15) is 5.10 Å². The molecule has 1 aliphatic carbocycles. The second kappa shape index (κ2) is 5.87. The average Bonchev–Trinajstić information content (AvgIpc) is 2.75. The van der Waals surface area contributed by atoms with Crippen LogP contribution < -0.4 is 0 Å². The fourth-order valence-corrected chi connectivity index (χ4v) is 3.05. The Morgan fingerprint density at radius 1 is 1.39 bits per heavy atom. The van der Waals surface area contributed by atoms with Gasteiger partial charge in [0.1, 0.15) is 0 Å². The van der Waals surface area contributed by atoms with E-state index < -0.39 is 5.60 Å². The Labute approximate surface area is 110 Å². The summed E-state index contributed by atoms with van der Waals surface area (Å²) in [5.74, 6) is 0.796. The van der Waals surface area contributed by atoms with Gasteiger partial charge in [-0.15, -0.1) is 0 Å². The molecule has 0 spiro atoms. The van der Waals surface area contributed by atoms with Crippen LogP contribution in [0.4, 0.5) is 0 Å². The molecule has 18 heavy (non-hydrogen) atoms. The number of hydrogen-bond donors (Lipinski definition) is 1. The Bertz CT molecular complexity index is 374. The van der Waals surface area contributed by atoms with E-state index >= 15 is 0 Å². The van der Waals surface area contributed by atoms with Gasteiger partial charge in [-0.25, -0.2) is 0 Å². The largest absolute Gasteiger partial charge is 0.385 e. The first kappa shape index (κ1) is 13.6. The molecule has 3 nitrogen and oxygen atoms in total. The molecule has 3 heteroatoms. The molecule has 0 saturated heterocycles. The lowest BCUT2D eigenvalue weighted by molar-refractivity contribution is 0.0195. The summed E-state index contributed by atoms with van der Waals surface area (Å²) in [6.07, 6.45) is 11.5. The molecule has 1 aromatic rings. The van der Waals surface area contributed by atoms with Crippen molar-refractivity contribution >= 4 is 0 Å². The van der Waals surface area contributed by atoms with Crippen LogP contribution in [0.15, 0.2) is 12.4 Å². The van der Waals surface area contributed by atoms with Crippen LogP contribution in [0, 0.1) is 5.92 Å². The van der Waals surface area contributed by atoms with Gasteiger partial charge < -0.3 is 5.11 Å². The van der Waals surface area contributed by atoms with E-state index in [1.807, 2.05) is 17.1 Å². The molecule has 1 fully saturated rings. The highest BCUT2D eigenvalue weighted by molar-refractivity contribution is 5.15. The van der Waals surface area contributed by atoms with Gasteiger partial charge in [-0.3, -0.25) is 4.68 Å². The van der Waals surface area contributed by atoms with Crippen LogP contribution in [0.25, 0.3) is 0 Å². The van der Waals surface area contributed by atoms with Crippen LogP contribution in [0.3, 0.4) is 0 Å². The lowest BCUT2D eigenvalue weighted by atomic mass is 9.88. The molecule has 0 amide bonds. The van der Waals surface area contributed by atoms with Gasteiger partial charge in [0.2, 0.25) is 0 Å². The quantitative estimate of drug-likeness (QED) is 0.831. The third kappa shape index (κ3) is 2.94. The molecular formula is C15H26N2O. The van der Waals surface area contributed by atoms with Crippen molar-refractivity contribution < 1.29 is 5.11 Å². The number of nitrogens with zero attached hydrogens (tertiary/aromatic N) is 2. The first-order chi connectivity index (χ1) is 8.68. The standard InChI is InChI=1S/C15H26N2O/c1-3-10-17-12-14(11-16-17)15(18)8-5-6-13(4-2)7-9-15/h11-13,18H,3-10H2,1-2H3. The maximum atomic E-state index is 10.9. The van der Waals surface area contributed by atoms with Crippen LogP contribution >= 0.6 is 0 Å². The molecule has 1 heterocycles. The molecule has 0 bridgehead atoms. The molecule has 1 aliphatic rings. The summed E-state index contributed by atoms with van der Waals surface area (Å²) in [6.45, 7) is 5.34. The highest BCUT2D eigenvalue weighted by Gasteiger charge is 2.33. The smallest absolute Gasteiger partial charge is 0.0927 e. The topological polar surface area (TPSA) is 38.0 Å². The number of aryl methyl sites for hydroxylation is 1. The second-order valence-corrected chi connectivity index (χ2v) is 5.73. The minimum Gasteiger partial charge on any atom is -0.385 e. The molecule has 2 atom stereocenters. The number of aromatic nitrogens is 2. The lowest BCUT2D eigenvalue weighted by Gasteiger charge is -2.25. The van der Waals surface area contributed by atoms with Gasteiger partial charge in [-0.1, -0.05) is 26.7 Å². The van der Waals surface area contributed by atoms with E-state index in [2.05, 4.69) is 18.9 Å². The zero-order chi connectivity index (χ0) is 13.0. The van der Waals surface area contributed by atoms with Gasteiger partial charge in [0.05, 0.1) is 11.8 Å². The van der Waals surface area contributed by atoms with Crippen molar-refractivity contribution in [2.75, 3.05) is 0 Å². The minimum absolute atomic E-state index is 0.629. The zero-order valence-corrected chi connectivity index (χ0v) is 11.7. The normalized spacial score (nSPS) is 29.2. The van der Waals surface area contributed by atoms with Gasteiger partial charge in [0.25, 0.3) is 0 Å². The number of rotatable bonds is 4. The van der Waals surface area contributed by atoms with Crippen molar-refractivity contribution in [3.05, 3.63) is 18.0 Å². The molecule has 0 radical (unpaired) electrons. The highest BCUT2D eigenvalue weighted by atomic mass is 16.3.